The van der Waals surface area contributed by atoms with Crippen molar-refractivity contribution < 1.29 is 9.59 Å². The normalized spacial score (nSPS) is 20.8. The molecule has 22 heavy (non-hydrogen) atoms. The summed E-state index contributed by atoms with van der Waals surface area (Å²) in [5, 5.41) is 6.11. The summed E-state index contributed by atoms with van der Waals surface area (Å²) in [5.41, 5.74) is 2.04. The van der Waals surface area contributed by atoms with E-state index in [-0.39, 0.29) is 11.9 Å². The van der Waals surface area contributed by atoms with Crippen LogP contribution in [-0.4, -0.2) is 29.9 Å². The first-order valence-electron chi connectivity index (χ1n) is 7.46. The van der Waals surface area contributed by atoms with Gasteiger partial charge in [0.2, 0.25) is 0 Å². The van der Waals surface area contributed by atoms with Crippen LogP contribution in [0.25, 0.3) is 0 Å². The number of urea groups is 1. The van der Waals surface area contributed by atoms with Gasteiger partial charge in [0.15, 0.2) is 0 Å². The average Bonchev–Trinajstić information content (AvgIpc) is 2.81. The van der Waals surface area contributed by atoms with Crippen molar-refractivity contribution in [1.29, 1.82) is 0 Å². The SMILES string of the molecule is CCCCN1CC2=C(C1=O)C(c1ccccc1Cl)NC(=O)N2. The van der Waals surface area contributed by atoms with E-state index in [4.69, 9.17) is 11.6 Å². The van der Waals surface area contributed by atoms with E-state index in [0.717, 1.165) is 18.4 Å². The minimum Gasteiger partial charge on any atom is -0.333 e. The van der Waals surface area contributed by atoms with E-state index >= 15 is 0 Å². The third-order valence-electron chi connectivity index (χ3n) is 4.02. The Morgan fingerprint density at radius 2 is 2.09 bits per heavy atom. The molecule has 5 nitrogen and oxygen atoms in total. The van der Waals surface area contributed by atoms with Gasteiger partial charge in [-0.25, -0.2) is 4.79 Å². The van der Waals surface area contributed by atoms with Gasteiger partial charge in [-0.3, -0.25) is 4.79 Å². The number of carbonyl (C=O) groups is 2. The standard InChI is InChI=1S/C16H18ClN3O2/c1-2-3-8-20-9-12-13(15(20)21)14(19-16(22)18-12)10-6-4-5-7-11(10)17/h4-7,14H,2-3,8-9H2,1H3,(H2,18,19,22). The largest absolute Gasteiger partial charge is 0.333 e. The zero-order chi connectivity index (χ0) is 15.7. The Balaban J connectivity index is 1.95. The van der Waals surface area contributed by atoms with Crippen LogP contribution < -0.4 is 10.6 Å². The Morgan fingerprint density at radius 3 is 2.82 bits per heavy atom. The summed E-state index contributed by atoms with van der Waals surface area (Å²) in [6.45, 7) is 3.25. The third kappa shape index (κ3) is 2.57. The molecule has 2 aliphatic heterocycles. The van der Waals surface area contributed by atoms with Crippen LogP contribution in [0, 0.1) is 0 Å². The summed E-state index contributed by atoms with van der Waals surface area (Å²) in [5.74, 6) is -0.0270. The summed E-state index contributed by atoms with van der Waals surface area (Å²) < 4.78 is 0. The molecule has 0 saturated carbocycles. The Hall–Kier alpha value is -2.01. The molecule has 3 rings (SSSR count). The second-order valence-electron chi connectivity index (χ2n) is 5.53. The molecule has 0 saturated heterocycles. The van der Waals surface area contributed by atoms with Gasteiger partial charge in [-0.15, -0.1) is 0 Å². The van der Waals surface area contributed by atoms with Crippen LogP contribution in [0.15, 0.2) is 35.5 Å². The van der Waals surface area contributed by atoms with E-state index in [2.05, 4.69) is 17.6 Å². The Kier molecular flexibility index (Phi) is 4.07. The van der Waals surface area contributed by atoms with Crippen molar-refractivity contribution >= 4 is 23.5 Å². The summed E-state index contributed by atoms with van der Waals surface area (Å²) in [6, 6.07) is 6.49. The highest BCUT2D eigenvalue weighted by Gasteiger charge is 2.40. The lowest BCUT2D eigenvalue weighted by Crippen LogP contribution is -2.44. The number of rotatable bonds is 4. The van der Waals surface area contributed by atoms with Gasteiger partial charge in [0.25, 0.3) is 5.91 Å². The molecule has 2 heterocycles. The van der Waals surface area contributed by atoms with Gasteiger partial charge >= 0.3 is 6.03 Å². The number of benzene rings is 1. The lowest BCUT2D eigenvalue weighted by molar-refractivity contribution is -0.125. The first kappa shape index (κ1) is 14.9. The fourth-order valence-corrected chi connectivity index (χ4v) is 3.15. The van der Waals surface area contributed by atoms with Gasteiger partial charge in [-0.1, -0.05) is 43.1 Å². The van der Waals surface area contributed by atoms with E-state index in [1.807, 2.05) is 18.2 Å². The average molecular weight is 320 g/mol. The molecule has 1 aromatic rings. The first-order valence-corrected chi connectivity index (χ1v) is 7.84. The Morgan fingerprint density at radius 1 is 1.32 bits per heavy atom. The number of hydrogen-bond donors (Lipinski definition) is 2. The van der Waals surface area contributed by atoms with Crippen LogP contribution in [0.5, 0.6) is 0 Å². The molecule has 0 aromatic heterocycles. The molecule has 2 N–H and O–H groups in total. The van der Waals surface area contributed by atoms with E-state index in [9.17, 15) is 9.59 Å². The number of nitrogens with zero attached hydrogens (tertiary/aromatic N) is 1. The van der Waals surface area contributed by atoms with Crippen molar-refractivity contribution in [3.8, 4) is 0 Å². The Labute approximate surface area is 134 Å². The maximum Gasteiger partial charge on any atom is 0.319 e. The van der Waals surface area contributed by atoms with Gasteiger partial charge in [-0.2, -0.15) is 0 Å². The Bertz CT molecular complexity index is 657. The van der Waals surface area contributed by atoms with Crippen LogP contribution in [0.4, 0.5) is 4.79 Å². The fraction of sp³-hybridized carbons (Fsp3) is 0.375. The zero-order valence-corrected chi connectivity index (χ0v) is 13.1. The predicted octanol–water partition coefficient (Wildman–Crippen LogP) is 2.59. The van der Waals surface area contributed by atoms with Crippen LogP contribution in [0.2, 0.25) is 5.02 Å². The van der Waals surface area contributed by atoms with Crippen molar-refractivity contribution in [3.63, 3.8) is 0 Å². The molecule has 0 bridgehead atoms. The topological polar surface area (TPSA) is 61.4 Å². The lowest BCUT2D eigenvalue weighted by atomic mass is 9.96. The lowest BCUT2D eigenvalue weighted by Gasteiger charge is -2.26. The van der Waals surface area contributed by atoms with Gasteiger partial charge < -0.3 is 15.5 Å². The molecular formula is C16H18ClN3O2. The molecule has 0 aliphatic carbocycles. The second kappa shape index (κ2) is 6.01. The molecule has 2 aliphatic rings. The highest BCUT2D eigenvalue weighted by atomic mass is 35.5. The highest BCUT2D eigenvalue weighted by molar-refractivity contribution is 6.31. The molecule has 1 aromatic carbocycles. The zero-order valence-electron chi connectivity index (χ0n) is 12.4. The van der Waals surface area contributed by atoms with E-state index in [0.29, 0.717) is 29.4 Å². The monoisotopic (exact) mass is 319 g/mol. The fourth-order valence-electron chi connectivity index (χ4n) is 2.90. The molecule has 0 spiro atoms. The molecule has 3 amide bonds. The molecule has 116 valence electrons. The quantitative estimate of drug-likeness (QED) is 0.896. The summed E-state index contributed by atoms with van der Waals surface area (Å²) >= 11 is 6.24. The molecule has 1 atom stereocenters. The van der Waals surface area contributed by atoms with Gasteiger partial charge in [0.1, 0.15) is 0 Å². The van der Waals surface area contributed by atoms with Crippen LogP contribution in [0.3, 0.4) is 0 Å². The number of nitrogens with one attached hydrogen (secondary N) is 2. The smallest absolute Gasteiger partial charge is 0.319 e. The number of amides is 3. The molecule has 6 heteroatoms. The van der Waals surface area contributed by atoms with Crippen molar-refractivity contribution in [2.45, 2.75) is 25.8 Å². The second-order valence-corrected chi connectivity index (χ2v) is 5.93. The molecule has 0 fully saturated rings. The summed E-state index contributed by atoms with van der Waals surface area (Å²) in [4.78, 5) is 26.4. The molecular weight excluding hydrogens is 302 g/mol. The first-order chi connectivity index (χ1) is 10.6. The van der Waals surface area contributed by atoms with Crippen LogP contribution >= 0.6 is 11.6 Å². The predicted molar refractivity (Wildman–Crippen MR) is 84.4 cm³/mol. The van der Waals surface area contributed by atoms with E-state index < -0.39 is 6.04 Å². The van der Waals surface area contributed by atoms with Crippen molar-refractivity contribution in [2.24, 2.45) is 0 Å². The molecule has 0 radical (unpaired) electrons. The van der Waals surface area contributed by atoms with E-state index in [1.165, 1.54) is 0 Å². The van der Waals surface area contributed by atoms with Gasteiger partial charge in [0, 0.05) is 11.6 Å². The van der Waals surface area contributed by atoms with Crippen molar-refractivity contribution in [1.82, 2.24) is 15.5 Å². The van der Waals surface area contributed by atoms with Gasteiger partial charge in [-0.05, 0) is 18.1 Å². The number of halogens is 1. The number of unbranched alkanes of at least 4 members (excludes halogenated alkanes) is 1. The summed E-state index contributed by atoms with van der Waals surface area (Å²) in [7, 11) is 0. The van der Waals surface area contributed by atoms with Crippen molar-refractivity contribution in [2.75, 3.05) is 13.1 Å². The molecule has 1 unspecified atom stereocenters. The van der Waals surface area contributed by atoms with Crippen molar-refractivity contribution in [3.05, 3.63) is 46.1 Å². The maximum absolute atomic E-state index is 12.7. The minimum absolute atomic E-state index is 0.0270. The van der Waals surface area contributed by atoms with Crippen LogP contribution in [-0.2, 0) is 4.79 Å². The third-order valence-corrected chi connectivity index (χ3v) is 4.36. The van der Waals surface area contributed by atoms with E-state index in [1.54, 1.807) is 11.0 Å². The highest BCUT2D eigenvalue weighted by Crippen LogP contribution is 2.35. The number of carbonyl (C=O) groups excluding carboxylic acids is 2. The minimum atomic E-state index is -0.489. The van der Waals surface area contributed by atoms with Gasteiger partial charge in [0.05, 0.1) is 23.9 Å². The maximum atomic E-state index is 12.7. The summed E-state index contributed by atoms with van der Waals surface area (Å²) in [6.07, 6.45) is 1.97. The van der Waals surface area contributed by atoms with Crippen LogP contribution in [0.1, 0.15) is 31.4 Å². The number of hydrogen-bond acceptors (Lipinski definition) is 2.